The van der Waals surface area contributed by atoms with Crippen molar-refractivity contribution in [3.63, 3.8) is 0 Å². The van der Waals surface area contributed by atoms with E-state index in [0.717, 1.165) is 0 Å². The van der Waals surface area contributed by atoms with Crippen molar-refractivity contribution in [2.75, 3.05) is 0 Å². The summed E-state index contributed by atoms with van der Waals surface area (Å²) in [4.78, 5) is 0. The van der Waals surface area contributed by atoms with E-state index in [1.54, 1.807) is 16.4 Å². The summed E-state index contributed by atoms with van der Waals surface area (Å²) < 4.78 is 1.73. The summed E-state index contributed by atoms with van der Waals surface area (Å²) >= 11 is 0.557. The van der Waals surface area contributed by atoms with Crippen molar-refractivity contribution in [2.24, 2.45) is 0 Å². The van der Waals surface area contributed by atoms with Crippen LogP contribution in [0.3, 0.4) is 0 Å². The number of hydrogen-bond acceptors (Lipinski definition) is 1. The van der Waals surface area contributed by atoms with Gasteiger partial charge in [0.1, 0.15) is 0 Å². The molecule has 2 rings (SSSR count). The molecule has 0 saturated carbocycles. The van der Waals surface area contributed by atoms with Gasteiger partial charge in [0, 0.05) is 0 Å². The molecule has 0 N–H and O–H groups in total. The number of benzene rings is 1. The fourth-order valence-electron chi connectivity index (χ4n) is 1.37. The van der Waals surface area contributed by atoms with Gasteiger partial charge in [-0.3, -0.25) is 0 Å². The predicted molar refractivity (Wildman–Crippen MR) is 71.1 cm³/mol. The van der Waals surface area contributed by atoms with E-state index in [1.807, 2.05) is 6.07 Å². The van der Waals surface area contributed by atoms with Gasteiger partial charge in [-0.2, -0.15) is 0 Å². The number of hydrogen-bond donors (Lipinski definition) is 0. The molecule has 104 valence electrons. The van der Waals surface area contributed by atoms with Crippen molar-refractivity contribution in [3.05, 3.63) is 52.8 Å². The predicted octanol–water partition coefficient (Wildman–Crippen LogP) is -2.48. The Hall–Kier alpha value is -0.119. The molecule has 0 heterocycles. The van der Waals surface area contributed by atoms with Crippen LogP contribution in [0.15, 0.2) is 52.8 Å². The van der Waals surface area contributed by atoms with E-state index >= 15 is 0 Å². The summed E-state index contributed by atoms with van der Waals surface area (Å²) in [6.45, 7) is 7.39. The van der Waals surface area contributed by atoms with Crippen LogP contribution in [0.1, 0.15) is 6.42 Å². The molecular weight excluding hydrogens is 334 g/mol. The average molecular weight is 353 g/mol. The molecule has 1 aromatic carbocycles. The fraction of sp³-hybridized carbons (Fsp3) is 0.286. The van der Waals surface area contributed by atoms with Gasteiger partial charge in [-0.1, -0.05) is 30.3 Å². The van der Waals surface area contributed by atoms with Gasteiger partial charge < -0.3 is 29.9 Å². The first kappa shape index (κ1) is 21.2. The standard InChI is InChI=1S/C6H6O.C5H5.C3H9Si.2ClH.V/c7-6-4-2-1-3-5-6;1-2-4-5-3-1;1-4(2)3;;;/h1-5,7H;1-3H,4H2;1-3H3;2*1H;/q;;;;;+3/p-3. The number of para-hydroxylation sites is 1. The third-order valence-electron chi connectivity index (χ3n) is 1.97. The normalized spacial score (nSPS) is 12.1. The second-order valence-corrected chi connectivity index (χ2v) is 17.7. The zero-order chi connectivity index (χ0) is 12.7. The van der Waals surface area contributed by atoms with Gasteiger partial charge >= 0.3 is 70.6 Å². The van der Waals surface area contributed by atoms with Crippen LogP contribution in [0, 0.1) is 0 Å². The van der Waals surface area contributed by atoms with Crippen molar-refractivity contribution in [1.29, 1.82) is 0 Å². The second kappa shape index (κ2) is 10.6. The third kappa shape index (κ3) is 11.4. The molecule has 0 atom stereocenters. The molecule has 0 spiro atoms. The van der Waals surface area contributed by atoms with E-state index in [2.05, 4.69) is 37.9 Å². The van der Waals surface area contributed by atoms with Crippen LogP contribution in [-0.2, 0) is 15.6 Å². The van der Waals surface area contributed by atoms with Gasteiger partial charge in [0.15, 0.2) is 0 Å². The first-order valence-electron chi connectivity index (χ1n) is 5.78. The Morgan fingerprint density at radius 2 is 1.63 bits per heavy atom. The van der Waals surface area contributed by atoms with Gasteiger partial charge in [0.2, 0.25) is 0 Å². The SMILES string of the molecule is C[Si](C)(C)[V+3][C]1=CC=CC1.[Cl-].[Cl-].[O-]c1ccccc1. The van der Waals surface area contributed by atoms with Gasteiger partial charge in [0.05, 0.1) is 0 Å². The molecule has 0 unspecified atom stereocenters. The summed E-state index contributed by atoms with van der Waals surface area (Å²) in [5, 5.41) is 10.3. The van der Waals surface area contributed by atoms with E-state index in [-0.39, 0.29) is 30.6 Å². The molecule has 0 amide bonds. The van der Waals surface area contributed by atoms with E-state index < -0.39 is 6.45 Å². The molecule has 19 heavy (non-hydrogen) atoms. The van der Waals surface area contributed by atoms with E-state index in [4.69, 9.17) is 0 Å². The van der Waals surface area contributed by atoms with Gasteiger partial charge in [0.25, 0.3) is 0 Å². The molecule has 1 aromatic rings. The first-order chi connectivity index (χ1) is 7.97. The maximum atomic E-state index is 10.3. The number of rotatable bonds is 2. The molecule has 5 heteroatoms. The summed E-state index contributed by atoms with van der Waals surface area (Å²) in [7, 11) is 0. The summed E-state index contributed by atoms with van der Waals surface area (Å²) in [6, 6.07) is 8.33. The summed E-state index contributed by atoms with van der Waals surface area (Å²) in [6.07, 6.45) is 7.30. The summed E-state index contributed by atoms with van der Waals surface area (Å²) in [5.74, 6) is 0.0718. The molecule has 0 aliphatic heterocycles. The largest absolute Gasteiger partial charge is 1.00 e. The van der Waals surface area contributed by atoms with Gasteiger partial charge in [-0.15, -0.1) is 5.75 Å². The minimum atomic E-state index is -0.737. The molecular formula is C14H19Cl2OSiV. The molecule has 1 aliphatic carbocycles. The van der Waals surface area contributed by atoms with Crippen molar-refractivity contribution >= 4 is 6.45 Å². The quantitative estimate of drug-likeness (QED) is 0.540. The van der Waals surface area contributed by atoms with Crippen LogP contribution in [0.5, 0.6) is 5.75 Å². The monoisotopic (exact) mass is 352 g/mol. The van der Waals surface area contributed by atoms with Crippen molar-refractivity contribution in [1.82, 2.24) is 0 Å². The molecule has 1 nitrogen and oxygen atoms in total. The minimum Gasteiger partial charge on any atom is -1.00 e. The Bertz CT molecular complexity index is 400. The van der Waals surface area contributed by atoms with Crippen LogP contribution in [-0.4, -0.2) is 6.45 Å². The van der Waals surface area contributed by atoms with Crippen LogP contribution in [0.4, 0.5) is 0 Å². The van der Waals surface area contributed by atoms with Gasteiger partial charge in [-0.25, -0.2) is 0 Å². The topological polar surface area (TPSA) is 23.1 Å². The zero-order valence-corrected chi connectivity index (χ0v) is 15.3. The van der Waals surface area contributed by atoms with Crippen LogP contribution in [0.2, 0.25) is 19.6 Å². The van der Waals surface area contributed by atoms with Crippen LogP contribution in [0.25, 0.3) is 0 Å². The minimum absolute atomic E-state index is 0. The molecule has 0 saturated heterocycles. The van der Waals surface area contributed by atoms with Crippen molar-refractivity contribution in [3.8, 4) is 5.75 Å². The van der Waals surface area contributed by atoms with Crippen LogP contribution >= 0.6 is 0 Å². The second-order valence-electron chi connectivity index (χ2n) is 4.89. The molecule has 0 bridgehead atoms. The molecule has 0 radical (unpaired) electrons. The van der Waals surface area contributed by atoms with Crippen molar-refractivity contribution < 1.29 is 45.5 Å². The third-order valence-corrected chi connectivity index (χ3v) is 7.94. The Kier molecular flexibility index (Phi) is 11.9. The molecule has 0 fully saturated rings. The maximum Gasteiger partial charge on any atom is -0.0623 e. The van der Waals surface area contributed by atoms with E-state index in [1.165, 1.54) is 18.6 Å². The smallest absolute Gasteiger partial charge is 0.0623 e. The Morgan fingerprint density at radius 1 is 1.05 bits per heavy atom. The molecule has 0 aromatic heterocycles. The Labute approximate surface area is 136 Å². The Morgan fingerprint density at radius 3 is 1.95 bits per heavy atom. The number of allylic oxidation sites excluding steroid dienone is 4. The van der Waals surface area contributed by atoms with E-state index in [9.17, 15) is 5.11 Å². The molecule has 1 aliphatic rings. The van der Waals surface area contributed by atoms with Crippen LogP contribution < -0.4 is 29.9 Å². The first-order valence-corrected chi connectivity index (χ1v) is 12.0. The van der Waals surface area contributed by atoms with Gasteiger partial charge in [-0.05, 0) is 0 Å². The number of halogens is 2. The van der Waals surface area contributed by atoms with E-state index in [0.29, 0.717) is 15.6 Å². The summed E-state index contributed by atoms with van der Waals surface area (Å²) in [5.41, 5.74) is 0. The Balaban J connectivity index is 0. The average Bonchev–Trinajstić information content (AvgIpc) is 2.70. The zero-order valence-electron chi connectivity index (χ0n) is 11.4. The fourth-order valence-corrected chi connectivity index (χ4v) is 7.51. The van der Waals surface area contributed by atoms with Crippen molar-refractivity contribution in [2.45, 2.75) is 26.1 Å². The maximum absolute atomic E-state index is 10.3.